The van der Waals surface area contributed by atoms with Gasteiger partial charge >= 0.3 is 6.61 Å². The number of benzene rings is 1. The van der Waals surface area contributed by atoms with Crippen LogP contribution in [0.1, 0.15) is 12.5 Å². The minimum atomic E-state index is -2.93. The summed E-state index contributed by atoms with van der Waals surface area (Å²) in [6.07, 6.45) is 3.31. The van der Waals surface area contributed by atoms with Crippen molar-refractivity contribution < 1.29 is 23.4 Å². The highest BCUT2D eigenvalue weighted by atomic mass is 19.3. The van der Waals surface area contributed by atoms with E-state index in [-0.39, 0.29) is 24.7 Å². The van der Waals surface area contributed by atoms with Gasteiger partial charge in [-0.1, -0.05) is 12.1 Å². The van der Waals surface area contributed by atoms with E-state index in [2.05, 4.69) is 15.2 Å². The number of aliphatic hydroxyl groups excluding tert-OH is 1. The molecule has 0 fully saturated rings. The third-order valence-corrected chi connectivity index (χ3v) is 3.01. The summed E-state index contributed by atoms with van der Waals surface area (Å²) in [5.74, 6) is 0.308. The van der Waals surface area contributed by atoms with Crippen LogP contribution in [0.3, 0.4) is 0 Å². The number of nitrogens with zero attached hydrogens (tertiary/aromatic N) is 2. The maximum atomic E-state index is 12.6. The Kier molecular flexibility index (Phi) is 6.16. The molecular formula is C15H19F2N3O3. The Morgan fingerprint density at radius 2 is 2.22 bits per heavy atom. The predicted molar refractivity (Wildman–Crippen MR) is 80.9 cm³/mol. The monoisotopic (exact) mass is 327 g/mol. The Balaban J connectivity index is 2.12. The normalized spacial score (nSPS) is 10.8. The standard InChI is InChI=1S/C15H19F2N3O3/c1-2-22-13-5-3-4-11(14(13)23-15(16)17)8-18-12-9-19-20(10-12)6-7-21/h3-5,9-10,15,18,21H,2,6-8H2,1H3. The first-order valence-corrected chi connectivity index (χ1v) is 7.20. The third-order valence-electron chi connectivity index (χ3n) is 3.01. The van der Waals surface area contributed by atoms with Gasteiger partial charge in [-0.25, -0.2) is 0 Å². The van der Waals surface area contributed by atoms with E-state index in [4.69, 9.17) is 9.84 Å². The van der Waals surface area contributed by atoms with Gasteiger partial charge in [0.1, 0.15) is 0 Å². The summed E-state index contributed by atoms with van der Waals surface area (Å²) in [5, 5.41) is 16.0. The highest BCUT2D eigenvalue weighted by Crippen LogP contribution is 2.33. The fraction of sp³-hybridized carbons (Fsp3) is 0.400. The first-order chi connectivity index (χ1) is 11.1. The second-order valence-corrected chi connectivity index (χ2v) is 4.63. The van der Waals surface area contributed by atoms with Gasteiger partial charge in [0.2, 0.25) is 0 Å². The number of aliphatic hydroxyl groups is 1. The lowest BCUT2D eigenvalue weighted by Crippen LogP contribution is -2.09. The molecule has 23 heavy (non-hydrogen) atoms. The Bertz CT molecular complexity index is 620. The fourth-order valence-electron chi connectivity index (χ4n) is 2.07. The molecular weight excluding hydrogens is 308 g/mol. The van der Waals surface area contributed by atoms with E-state index >= 15 is 0 Å². The summed E-state index contributed by atoms with van der Waals surface area (Å²) in [5.41, 5.74) is 1.26. The van der Waals surface area contributed by atoms with Crippen molar-refractivity contribution in [2.24, 2.45) is 0 Å². The summed E-state index contributed by atoms with van der Waals surface area (Å²) in [6, 6.07) is 4.99. The van der Waals surface area contributed by atoms with Crippen molar-refractivity contribution in [3.63, 3.8) is 0 Å². The smallest absolute Gasteiger partial charge is 0.387 e. The van der Waals surface area contributed by atoms with E-state index < -0.39 is 6.61 Å². The fourth-order valence-corrected chi connectivity index (χ4v) is 2.07. The van der Waals surface area contributed by atoms with Crippen LogP contribution in [0.25, 0.3) is 0 Å². The SMILES string of the molecule is CCOc1cccc(CNc2cnn(CCO)c2)c1OC(F)F. The second-order valence-electron chi connectivity index (χ2n) is 4.63. The van der Waals surface area contributed by atoms with Gasteiger partial charge in [-0.3, -0.25) is 4.68 Å². The molecule has 0 radical (unpaired) electrons. The molecule has 2 aromatic rings. The Morgan fingerprint density at radius 3 is 2.91 bits per heavy atom. The molecule has 0 saturated carbocycles. The quantitative estimate of drug-likeness (QED) is 0.740. The topological polar surface area (TPSA) is 68.5 Å². The van der Waals surface area contributed by atoms with Gasteiger partial charge in [0.15, 0.2) is 11.5 Å². The molecule has 0 unspecified atom stereocenters. The second kappa shape index (κ2) is 8.33. The molecule has 2 N–H and O–H groups in total. The van der Waals surface area contributed by atoms with Crippen molar-refractivity contribution >= 4 is 5.69 Å². The molecule has 0 aliphatic carbocycles. The Hall–Kier alpha value is -2.35. The van der Waals surface area contributed by atoms with Crippen LogP contribution in [0.5, 0.6) is 11.5 Å². The number of para-hydroxylation sites is 1. The molecule has 0 aliphatic rings. The average molecular weight is 327 g/mol. The van der Waals surface area contributed by atoms with E-state index in [1.807, 2.05) is 0 Å². The lowest BCUT2D eigenvalue weighted by molar-refractivity contribution is -0.0520. The molecule has 2 rings (SSSR count). The maximum absolute atomic E-state index is 12.6. The van der Waals surface area contributed by atoms with Crippen LogP contribution in [0.15, 0.2) is 30.6 Å². The van der Waals surface area contributed by atoms with Gasteiger partial charge < -0.3 is 19.9 Å². The molecule has 0 atom stereocenters. The van der Waals surface area contributed by atoms with Crippen LogP contribution in [0.4, 0.5) is 14.5 Å². The number of ether oxygens (including phenoxy) is 2. The minimum absolute atomic E-state index is 0.0100. The summed E-state index contributed by atoms with van der Waals surface area (Å²) in [6.45, 7) is -0.154. The van der Waals surface area contributed by atoms with Gasteiger partial charge in [0, 0.05) is 18.3 Å². The number of aromatic nitrogens is 2. The Labute approximate surface area is 132 Å². The highest BCUT2D eigenvalue weighted by Gasteiger charge is 2.15. The van der Waals surface area contributed by atoms with Crippen molar-refractivity contribution in [3.05, 3.63) is 36.2 Å². The van der Waals surface area contributed by atoms with Gasteiger partial charge in [0.25, 0.3) is 0 Å². The van der Waals surface area contributed by atoms with Crippen molar-refractivity contribution in [2.75, 3.05) is 18.5 Å². The van der Waals surface area contributed by atoms with E-state index in [9.17, 15) is 8.78 Å². The first-order valence-electron chi connectivity index (χ1n) is 7.20. The number of halogens is 2. The van der Waals surface area contributed by atoms with Gasteiger partial charge in [-0.15, -0.1) is 0 Å². The largest absolute Gasteiger partial charge is 0.490 e. The molecule has 0 saturated heterocycles. The molecule has 126 valence electrons. The number of nitrogens with one attached hydrogen (secondary N) is 1. The van der Waals surface area contributed by atoms with Gasteiger partial charge in [-0.2, -0.15) is 13.9 Å². The van der Waals surface area contributed by atoms with E-state index in [1.165, 1.54) is 0 Å². The van der Waals surface area contributed by atoms with Crippen LogP contribution < -0.4 is 14.8 Å². The molecule has 0 aliphatic heterocycles. The van der Waals surface area contributed by atoms with Crippen molar-refractivity contribution in [1.29, 1.82) is 0 Å². The lowest BCUT2D eigenvalue weighted by atomic mass is 10.2. The van der Waals surface area contributed by atoms with Gasteiger partial charge in [-0.05, 0) is 13.0 Å². The lowest BCUT2D eigenvalue weighted by Gasteiger charge is -2.15. The summed E-state index contributed by atoms with van der Waals surface area (Å²) < 4.78 is 36.8. The van der Waals surface area contributed by atoms with Crippen LogP contribution in [-0.2, 0) is 13.1 Å². The molecule has 1 aromatic heterocycles. The molecule has 1 heterocycles. The molecule has 0 bridgehead atoms. The number of anilines is 1. The minimum Gasteiger partial charge on any atom is -0.490 e. The zero-order valence-electron chi connectivity index (χ0n) is 12.7. The van der Waals surface area contributed by atoms with Crippen molar-refractivity contribution in [3.8, 4) is 11.5 Å². The molecule has 6 nitrogen and oxygen atoms in total. The highest BCUT2D eigenvalue weighted by molar-refractivity contribution is 5.49. The molecule has 1 aromatic carbocycles. The zero-order valence-corrected chi connectivity index (χ0v) is 12.7. The van der Waals surface area contributed by atoms with Crippen LogP contribution in [0.2, 0.25) is 0 Å². The number of alkyl halides is 2. The number of hydrogen-bond acceptors (Lipinski definition) is 5. The first kappa shape index (κ1) is 17.0. The maximum Gasteiger partial charge on any atom is 0.387 e. The summed E-state index contributed by atoms with van der Waals surface area (Å²) >= 11 is 0. The summed E-state index contributed by atoms with van der Waals surface area (Å²) in [4.78, 5) is 0. The average Bonchev–Trinajstić information content (AvgIpc) is 2.95. The number of rotatable bonds is 9. The molecule has 8 heteroatoms. The van der Waals surface area contributed by atoms with Crippen LogP contribution in [-0.4, -0.2) is 34.7 Å². The van der Waals surface area contributed by atoms with Crippen LogP contribution >= 0.6 is 0 Å². The zero-order chi connectivity index (χ0) is 16.7. The van der Waals surface area contributed by atoms with E-state index in [0.29, 0.717) is 24.4 Å². The Morgan fingerprint density at radius 1 is 1.39 bits per heavy atom. The molecule has 0 spiro atoms. The van der Waals surface area contributed by atoms with Crippen molar-refractivity contribution in [1.82, 2.24) is 9.78 Å². The van der Waals surface area contributed by atoms with E-state index in [0.717, 1.165) is 0 Å². The predicted octanol–water partition coefficient (Wildman–Crippen LogP) is 2.49. The van der Waals surface area contributed by atoms with E-state index in [1.54, 1.807) is 42.2 Å². The summed E-state index contributed by atoms with van der Waals surface area (Å²) in [7, 11) is 0. The number of hydrogen-bond donors (Lipinski definition) is 2. The molecule has 0 amide bonds. The third kappa shape index (κ3) is 4.82. The van der Waals surface area contributed by atoms with Crippen molar-refractivity contribution in [2.45, 2.75) is 26.6 Å². The van der Waals surface area contributed by atoms with Gasteiger partial charge in [0.05, 0.1) is 31.6 Å². The van der Waals surface area contributed by atoms with Crippen LogP contribution in [0, 0.1) is 0 Å².